The van der Waals surface area contributed by atoms with Gasteiger partial charge in [0.15, 0.2) is 0 Å². The fourth-order valence-electron chi connectivity index (χ4n) is 5.13. The van der Waals surface area contributed by atoms with Gasteiger partial charge in [0.1, 0.15) is 11.5 Å². The summed E-state index contributed by atoms with van der Waals surface area (Å²) < 4.78 is 11.1. The van der Waals surface area contributed by atoms with Crippen LogP contribution in [-0.2, 0) is 13.0 Å². The van der Waals surface area contributed by atoms with Gasteiger partial charge in [0.2, 0.25) is 0 Å². The van der Waals surface area contributed by atoms with Gasteiger partial charge in [-0.05, 0) is 58.5 Å². The van der Waals surface area contributed by atoms with Crippen molar-refractivity contribution in [3.63, 3.8) is 0 Å². The Balaban J connectivity index is 1.59. The molecule has 0 amide bonds. The SMILES string of the molecule is C=C(/C=N\NN)c1cccc(C2c3[nH]c4ccccc4c3CCN2Cc2cc(OC)cc(OC)c2)c1. The van der Waals surface area contributed by atoms with Crippen molar-refractivity contribution in [3.05, 3.63) is 101 Å². The van der Waals surface area contributed by atoms with Gasteiger partial charge in [-0.2, -0.15) is 5.10 Å². The van der Waals surface area contributed by atoms with Crippen molar-refractivity contribution in [1.29, 1.82) is 0 Å². The summed E-state index contributed by atoms with van der Waals surface area (Å²) in [5, 5.41) is 5.21. The summed E-state index contributed by atoms with van der Waals surface area (Å²) >= 11 is 0. The van der Waals surface area contributed by atoms with E-state index in [-0.39, 0.29) is 6.04 Å². The molecule has 3 aromatic carbocycles. The molecule has 4 aromatic rings. The second-order valence-corrected chi connectivity index (χ2v) is 8.94. The number of aromatic amines is 1. The van der Waals surface area contributed by atoms with E-state index in [2.05, 4.69) is 81.7 Å². The van der Waals surface area contributed by atoms with E-state index in [1.807, 2.05) is 12.1 Å². The normalized spacial score (nSPS) is 15.7. The number of nitrogens with one attached hydrogen (secondary N) is 2. The molecule has 1 aromatic heterocycles. The largest absolute Gasteiger partial charge is 0.497 e. The lowest BCUT2D eigenvalue weighted by atomic mass is 9.90. The van der Waals surface area contributed by atoms with Gasteiger partial charge < -0.3 is 14.5 Å². The fraction of sp³-hybridized carbons (Fsp3) is 0.207. The number of aromatic nitrogens is 1. The number of H-pyrrole nitrogens is 1. The maximum atomic E-state index is 5.53. The molecular formula is C29H31N5O2. The van der Waals surface area contributed by atoms with E-state index in [1.165, 1.54) is 27.7 Å². The molecule has 0 aliphatic carbocycles. The van der Waals surface area contributed by atoms with E-state index in [1.54, 1.807) is 20.4 Å². The zero-order valence-electron chi connectivity index (χ0n) is 20.6. The molecule has 1 aliphatic heterocycles. The number of allylic oxidation sites excluding steroid dienone is 1. The molecule has 4 N–H and O–H groups in total. The van der Waals surface area contributed by atoms with Gasteiger partial charge in [0, 0.05) is 35.8 Å². The second kappa shape index (κ2) is 10.3. The van der Waals surface area contributed by atoms with Crippen LogP contribution in [-0.4, -0.2) is 36.9 Å². The van der Waals surface area contributed by atoms with Crippen LogP contribution in [0.15, 0.2) is 78.4 Å². The number of nitrogens with zero attached hydrogens (tertiary/aromatic N) is 2. The number of hydrazine groups is 1. The lowest BCUT2D eigenvalue weighted by Gasteiger charge is -2.36. The lowest BCUT2D eigenvalue weighted by molar-refractivity contribution is 0.201. The maximum Gasteiger partial charge on any atom is 0.122 e. The molecule has 0 radical (unpaired) electrons. The molecule has 184 valence electrons. The van der Waals surface area contributed by atoms with Crippen molar-refractivity contribution in [2.45, 2.75) is 19.0 Å². The van der Waals surface area contributed by atoms with Crippen molar-refractivity contribution >= 4 is 22.7 Å². The number of benzene rings is 3. The summed E-state index contributed by atoms with van der Waals surface area (Å²) in [4.78, 5) is 6.25. The third-order valence-electron chi connectivity index (χ3n) is 6.80. The molecule has 0 spiro atoms. The number of rotatable bonds is 8. The summed E-state index contributed by atoms with van der Waals surface area (Å²) in [5.74, 6) is 6.88. The van der Waals surface area contributed by atoms with Crippen LogP contribution in [0, 0.1) is 0 Å². The van der Waals surface area contributed by atoms with Crippen LogP contribution in [0.3, 0.4) is 0 Å². The van der Waals surface area contributed by atoms with Crippen molar-refractivity contribution < 1.29 is 9.47 Å². The van der Waals surface area contributed by atoms with Crippen LogP contribution in [0.4, 0.5) is 0 Å². The highest BCUT2D eigenvalue weighted by Crippen LogP contribution is 2.40. The monoisotopic (exact) mass is 481 g/mol. The Morgan fingerprint density at radius 2 is 1.89 bits per heavy atom. The highest BCUT2D eigenvalue weighted by Gasteiger charge is 2.32. The zero-order chi connectivity index (χ0) is 25.1. The number of hydrogen-bond donors (Lipinski definition) is 3. The molecule has 0 bridgehead atoms. The molecule has 36 heavy (non-hydrogen) atoms. The van der Waals surface area contributed by atoms with E-state index < -0.39 is 0 Å². The minimum Gasteiger partial charge on any atom is -0.497 e. The zero-order valence-corrected chi connectivity index (χ0v) is 20.6. The second-order valence-electron chi connectivity index (χ2n) is 8.94. The Kier molecular flexibility index (Phi) is 6.75. The standard InChI is InChI=1S/C29H31N5O2/c1-19(17-31-33-30)21-7-6-8-22(15-21)29-28-26(25-9-4-5-10-27(25)32-28)11-12-34(29)18-20-13-23(35-2)16-24(14-20)36-3/h4-10,13-17,29,32-33H,1,11-12,18,30H2,2-3H3/b31-17-. The molecule has 0 saturated carbocycles. The molecule has 7 nitrogen and oxygen atoms in total. The third-order valence-corrected chi connectivity index (χ3v) is 6.80. The molecule has 1 unspecified atom stereocenters. The van der Waals surface area contributed by atoms with Gasteiger partial charge >= 0.3 is 0 Å². The number of methoxy groups -OCH3 is 2. The first-order valence-electron chi connectivity index (χ1n) is 11.9. The number of hydrazone groups is 1. The van der Waals surface area contributed by atoms with Crippen LogP contribution < -0.4 is 20.9 Å². The van der Waals surface area contributed by atoms with E-state index in [9.17, 15) is 0 Å². The lowest BCUT2D eigenvalue weighted by Crippen LogP contribution is -2.35. The quantitative estimate of drug-likeness (QED) is 0.191. The summed E-state index contributed by atoms with van der Waals surface area (Å²) in [6.07, 6.45) is 2.60. The number of ether oxygens (including phenoxy) is 2. The first-order valence-corrected chi connectivity index (χ1v) is 11.9. The molecule has 0 saturated heterocycles. The Morgan fingerprint density at radius 3 is 2.64 bits per heavy atom. The molecular weight excluding hydrogens is 450 g/mol. The van der Waals surface area contributed by atoms with E-state index in [0.717, 1.165) is 47.7 Å². The van der Waals surface area contributed by atoms with Gasteiger partial charge in [-0.1, -0.05) is 43.0 Å². The minimum atomic E-state index is 0.0377. The van der Waals surface area contributed by atoms with Crippen LogP contribution in [0.5, 0.6) is 11.5 Å². The van der Waals surface area contributed by atoms with Crippen LogP contribution >= 0.6 is 0 Å². The molecule has 1 aliphatic rings. The van der Waals surface area contributed by atoms with Crippen LogP contribution in [0.25, 0.3) is 16.5 Å². The Hall–Kier alpha value is -4.07. The summed E-state index contributed by atoms with van der Waals surface area (Å²) in [6.45, 7) is 5.82. The van der Waals surface area contributed by atoms with Crippen molar-refractivity contribution in [2.75, 3.05) is 20.8 Å². The first-order chi connectivity index (χ1) is 17.6. The predicted molar refractivity (Wildman–Crippen MR) is 145 cm³/mol. The fourth-order valence-corrected chi connectivity index (χ4v) is 5.13. The summed E-state index contributed by atoms with van der Waals surface area (Å²) in [6, 6.07) is 23.1. The molecule has 2 heterocycles. The van der Waals surface area contributed by atoms with Gasteiger partial charge in [-0.3, -0.25) is 4.90 Å². The maximum absolute atomic E-state index is 5.53. The van der Waals surface area contributed by atoms with Crippen molar-refractivity contribution in [1.82, 2.24) is 15.4 Å². The van der Waals surface area contributed by atoms with Crippen LogP contribution in [0.1, 0.15) is 34.0 Å². The number of para-hydroxylation sites is 1. The molecule has 0 fully saturated rings. The van der Waals surface area contributed by atoms with E-state index >= 15 is 0 Å². The number of nitrogens with two attached hydrogens (primary N) is 1. The Bertz CT molecular complexity index is 1400. The summed E-state index contributed by atoms with van der Waals surface area (Å²) in [5.41, 5.74) is 10.2. The topological polar surface area (TPSA) is 87.9 Å². The predicted octanol–water partition coefficient (Wildman–Crippen LogP) is 4.80. The third kappa shape index (κ3) is 4.58. The highest BCUT2D eigenvalue weighted by atomic mass is 16.5. The molecule has 5 rings (SSSR count). The van der Waals surface area contributed by atoms with E-state index in [0.29, 0.717) is 0 Å². The number of hydrogen-bond acceptors (Lipinski definition) is 6. The Labute approximate surface area is 211 Å². The van der Waals surface area contributed by atoms with Gasteiger partial charge in [-0.15, -0.1) is 0 Å². The van der Waals surface area contributed by atoms with Gasteiger partial charge in [0.05, 0.1) is 26.5 Å². The smallest absolute Gasteiger partial charge is 0.122 e. The average molecular weight is 482 g/mol. The van der Waals surface area contributed by atoms with Crippen molar-refractivity contribution in [3.8, 4) is 11.5 Å². The minimum absolute atomic E-state index is 0.0377. The number of fused-ring (bicyclic) bond motifs is 3. The van der Waals surface area contributed by atoms with Gasteiger partial charge in [0.25, 0.3) is 0 Å². The van der Waals surface area contributed by atoms with Gasteiger partial charge in [-0.25, -0.2) is 11.4 Å². The molecule has 7 heteroatoms. The van der Waals surface area contributed by atoms with Crippen LogP contribution in [0.2, 0.25) is 0 Å². The molecule has 1 atom stereocenters. The Morgan fingerprint density at radius 1 is 1.11 bits per heavy atom. The summed E-state index contributed by atoms with van der Waals surface area (Å²) in [7, 11) is 3.36. The highest BCUT2D eigenvalue weighted by molar-refractivity contribution is 6.08. The first kappa shape index (κ1) is 23.7. The van der Waals surface area contributed by atoms with Crippen molar-refractivity contribution in [2.24, 2.45) is 10.9 Å². The van der Waals surface area contributed by atoms with E-state index in [4.69, 9.17) is 15.3 Å². The average Bonchev–Trinajstić information content (AvgIpc) is 3.30.